The minimum absolute atomic E-state index is 0.0380. The van der Waals surface area contributed by atoms with Crippen LogP contribution >= 0.6 is 11.8 Å². The summed E-state index contributed by atoms with van der Waals surface area (Å²) in [6.45, 7) is 5.04. The number of hydrogen-bond acceptors (Lipinski definition) is 6. The van der Waals surface area contributed by atoms with Crippen LogP contribution in [0.15, 0.2) is 52.4 Å². The number of aromatic nitrogens is 5. The molecule has 172 valence electrons. The topological polar surface area (TPSA) is 96.0 Å². The van der Waals surface area contributed by atoms with Gasteiger partial charge >= 0.3 is 5.69 Å². The number of aryl methyl sites for hydroxylation is 2. The van der Waals surface area contributed by atoms with E-state index >= 15 is 0 Å². The number of carbonyl (C=O) groups excluding carboxylic acids is 1. The van der Waals surface area contributed by atoms with Gasteiger partial charge in [-0.25, -0.2) is 4.79 Å². The first-order valence-electron chi connectivity index (χ1n) is 10.7. The summed E-state index contributed by atoms with van der Waals surface area (Å²) < 4.78 is 10.5. The quantitative estimate of drug-likeness (QED) is 0.400. The van der Waals surface area contributed by atoms with E-state index in [1.54, 1.807) is 16.2 Å². The zero-order chi connectivity index (χ0) is 23.5. The fraction of sp³-hybridized carbons (Fsp3) is 0.304. The lowest BCUT2D eigenvalue weighted by molar-refractivity contribution is -0.113. The molecule has 0 spiro atoms. The number of nitrogens with one attached hydrogen (secondary N) is 1. The largest absolute Gasteiger partial charge is 0.497 e. The fourth-order valence-corrected chi connectivity index (χ4v) is 4.48. The Labute approximate surface area is 195 Å². The number of methoxy groups -OCH3 is 1. The van der Waals surface area contributed by atoms with Crippen LogP contribution in [-0.4, -0.2) is 42.7 Å². The van der Waals surface area contributed by atoms with Gasteiger partial charge < -0.3 is 14.6 Å². The lowest BCUT2D eigenvalue weighted by Crippen LogP contribution is -2.23. The molecule has 0 aliphatic carbocycles. The number of ether oxygens (including phenoxy) is 1. The molecule has 0 radical (unpaired) electrons. The molecule has 1 N–H and O–H groups in total. The van der Waals surface area contributed by atoms with Crippen molar-refractivity contribution < 1.29 is 9.53 Å². The van der Waals surface area contributed by atoms with E-state index in [-0.39, 0.29) is 17.3 Å². The highest BCUT2D eigenvalue weighted by Crippen LogP contribution is 2.25. The molecule has 2 aromatic carbocycles. The predicted octanol–water partition coefficient (Wildman–Crippen LogP) is 3.38. The number of thioether (sulfide) groups is 1. The van der Waals surface area contributed by atoms with E-state index in [4.69, 9.17) is 4.74 Å². The van der Waals surface area contributed by atoms with Crippen molar-refractivity contribution in [2.45, 2.75) is 32.1 Å². The molecule has 4 rings (SSSR count). The minimum Gasteiger partial charge on any atom is -0.497 e. The number of fused-ring (bicyclic) bond motifs is 1. The van der Waals surface area contributed by atoms with E-state index in [0.29, 0.717) is 29.8 Å². The maximum Gasteiger partial charge on any atom is 0.329 e. The van der Waals surface area contributed by atoms with Crippen molar-refractivity contribution in [1.82, 2.24) is 23.9 Å². The van der Waals surface area contributed by atoms with Gasteiger partial charge in [-0.3, -0.25) is 13.9 Å². The highest BCUT2D eigenvalue weighted by Gasteiger charge is 2.15. The van der Waals surface area contributed by atoms with E-state index in [9.17, 15) is 9.59 Å². The Hall–Kier alpha value is -3.53. The molecule has 0 saturated carbocycles. The van der Waals surface area contributed by atoms with Gasteiger partial charge in [-0.15, -0.1) is 10.2 Å². The number of benzene rings is 2. The number of nitrogens with zero attached hydrogens (tertiary/aromatic N) is 5. The smallest absolute Gasteiger partial charge is 0.329 e. The molecule has 4 aromatic rings. The number of imidazole rings is 1. The lowest BCUT2D eigenvalue weighted by atomic mass is 10.2. The molecule has 2 heterocycles. The van der Waals surface area contributed by atoms with Crippen molar-refractivity contribution in [2.75, 3.05) is 18.2 Å². The average Bonchev–Trinajstić information content (AvgIpc) is 3.33. The van der Waals surface area contributed by atoms with Crippen LogP contribution in [0.5, 0.6) is 5.75 Å². The van der Waals surface area contributed by atoms with Crippen molar-refractivity contribution in [3.8, 4) is 17.1 Å². The predicted molar refractivity (Wildman–Crippen MR) is 130 cm³/mol. The molecule has 0 fully saturated rings. The third-order valence-corrected chi connectivity index (χ3v) is 6.47. The third kappa shape index (κ3) is 4.38. The summed E-state index contributed by atoms with van der Waals surface area (Å²) >= 11 is 1.31. The number of amides is 1. The highest BCUT2D eigenvalue weighted by atomic mass is 32.2. The van der Waals surface area contributed by atoms with Crippen LogP contribution in [0.1, 0.15) is 13.8 Å². The number of rotatable bonds is 8. The summed E-state index contributed by atoms with van der Waals surface area (Å²) in [4.78, 5) is 25.1. The van der Waals surface area contributed by atoms with E-state index < -0.39 is 0 Å². The van der Waals surface area contributed by atoms with Gasteiger partial charge in [0.25, 0.3) is 0 Å². The Kier molecular flexibility index (Phi) is 6.55. The second kappa shape index (κ2) is 9.53. The molecule has 1 amide bonds. The van der Waals surface area contributed by atoms with Crippen molar-refractivity contribution in [1.29, 1.82) is 0 Å². The molecule has 2 aromatic heterocycles. The van der Waals surface area contributed by atoms with Crippen molar-refractivity contribution in [3.05, 3.63) is 52.9 Å². The van der Waals surface area contributed by atoms with E-state index in [2.05, 4.69) is 15.5 Å². The normalized spacial score (nSPS) is 11.2. The summed E-state index contributed by atoms with van der Waals surface area (Å²) in [5.41, 5.74) is 3.20. The van der Waals surface area contributed by atoms with Gasteiger partial charge in [0.05, 0.1) is 23.9 Å². The highest BCUT2D eigenvalue weighted by molar-refractivity contribution is 7.99. The molecular weight excluding hydrogens is 440 g/mol. The lowest BCUT2D eigenvalue weighted by Gasteiger charge is -2.07. The van der Waals surface area contributed by atoms with Crippen molar-refractivity contribution >= 4 is 34.4 Å². The van der Waals surface area contributed by atoms with E-state index in [0.717, 1.165) is 22.3 Å². The molecule has 0 aliphatic heterocycles. The van der Waals surface area contributed by atoms with Gasteiger partial charge in [0.15, 0.2) is 11.0 Å². The second-order valence-electron chi connectivity index (χ2n) is 7.41. The number of hydrogen-bond donors (Lipinski definition) is 1. The summed E-state index contributed by atoms with van der Waals surface area (Å²) in [6.07, 6.45) is 0. The minimum atomic E-state index is -0.159. The molecule has 0 saturated heterocycles. The average molecular weight is 467 g/mol. The number of carbonyl (C=O) groups is 1. The van der Waals surface area contributed by atoms with Crippen molar-refractivity contribution in [2.24, 2.45) is 7.05 Å². The second-order valence-corrected chi connectivity index (χ2v) is 8.35. The van der Waals surface area contributed by atoms with Gasteiger partial charge in [0.1, 0.15) is 5.75 Å². The summed E-state index contributed by atoms with van der Waals surface area (Å²) in [5, 5.41) is 12.0. The Morgan fingerprint density at radius 3 is 2.39 bits per heavy atom. The molecule has 0 bridgehead atoms. The first-order chi connectivity index (χ1) is 16.0. The summed E-state index contributed by atoms with van der Waals surface area (Å²) in [5.74, 6) is 1.51. The monoisotopic (exact) mass is 466 g/mol. The van der Waals surface area contributed by atoms with Crippen LogP contribution in [0.4, 0.5) is 5.69 Å². The molecule has 9 nitrogen and oxygen atoms in total. The summed E-state index contributed by atoms with van der Waals surface area (Å²) in [6, 6.07) is 13.1. The van der Waals surface area contributed by atoms with Crippen LogP contribution < -0.4 is 15.7 Å². The SMILES string of the molecule is CCn1c(=O)n(CC)c2cc(NC(=O)CSc3nnc(-c4ccc(OC)cc4)n3C)ccc21. The maximum absolute atomic E-state index is 12.6. The van der Waals surface area contributed by atoms with Crippen molar-refractivity contribution in [3.63, 3.8) is 0 Å². The first kappa shape index (κ1) is 22.7. The van der Waals surface area contributed by atoms with Gasteiger partial charge in [-0.2, -0.15) is 0 Å². The molecule has 33 heavy (non-hydrogen) atoms. The van der Waals surface area contributed by atoms with Gasteiger partial charge in [-0.1, -0.05) is 11.8 Å². The van der Waals surface area contributed by atoms with E-state index in [1.807, 2.05) is 67.9 Å². The van der Waals surface area contributed by atoms with E-state index in [1.165, 1.54) is 11.8 Å². The Morgan fingerprint density at radius 1 is 1.03 bits per heavy atom. The zero-order valence-corrected chi connectivity index (χ0v) is 19.8. The first-order valence-corrected chi connectivity index (χ1v) is 11.6. The molecule has 0 aliphatic rings. The Bertz CT molecular complexity index is 1350. The van der Waals surface area contributed by atoms with Crippen LogP contribution in [0.3, 0.4) is 0 Å². The molecule has 10 heteroatoms. The zero-order valence-electron chi connectivity index (χ0n) is 19.0. The third-order valence-electron chi connectivity index (χ3n) is 5.45. The van der Waals surface area contributed by atoms with Gasteiger partial charge in [0.2, 0.25) is 5.91 Å². The molecule has 0 atom stereocenters. The molecular formula is C23H26N6O3S. The number of anilines is 1. The maximum atomic E-state index is 12.6. The Balaban J connectivity index is 1.45. The van der Waals surface area contributed by atoms with Crippen LogP contribution in [0.25, 0.3) is 22.4 Å². The molecule has 0 unspecified atom stereocenters. The van der Waals surface area contributed by atoms with Crippen LogP contribution in [-0.2, 0) is 24.9 Å². The van der Waals surface area contributed by atoms with Gasteiger partial charge in [-0.05, 0) is 56.3 Å². The standard InChI is InChI=1S/C23H26N6O3S/c1-5-28-18-12-9-16(13-19(18)29(6-2)23(28)31)24-20(30)14-33-22-26-25-21(27(22)3)15-7-10-17(32-4)11-8-15/h7-13H,5-6,14H2,1-4H3,(H,24,30). The van der Waals surface area contributed by atoms with Crippen LogP contribution in [0.2, 0.25) is 0 Å². The van der Waals surface area contributed by atoms with Gasteiger partial charge in [0, 0.05) is 31.4 Å². The fourth-order valence-electron chi connectivity index (χ4n) is 3.77. The van der Waals surface area contributed by atoms with Crippen LogP contribution in [0, 0.1) is 0 Å². The summed E-state index contributed by atoms with van der Waals surface area (Å²) in [7, 11) is 3.50. The Morgan fingerprint density at radius 2 is 1.73 bits per heavy atom.